The van der Waals surface area contributed by atoms with Gasteiger partial charge >= 0.3 is 0 Å². The van der Waals surface area contributed by atoms with Gasteiger partial charge in [0.1, 0.15) is 0 Å². The fourth-order valence-electron chi connectivity index (χ4n) is 3.28. The highest BCUT2D eigenvalue weighted by Gasteiger charge is 2.27. The summed E-state index contributed by atoms with van der Waals surface area (Å²) in [5.74, 6) is -0.270. The van der Waals surface area contributed by atoms with Crippen LogP contribution in [0.3, 0.4) is 0 Å². The summed E-state index contributed by atoms with van der Waals surface area (Å²) in [6.07, 6.45) is 4.61. The molecule has 0 radical (unpaired) electrons. The zero-order valence-electron chi connectivity index (χ0n) is 16.1. The van der Waals surface area contributed by atoms with Crippen molar-refractivity contribution in [1.82, 2.24) is 4.31 Å². The Balaban J connectivity index is 1.79. The van der Waals surface area contributed by atoms with Gasteiger partial charge in [-0.3, -0.25) is 4.79 Å². The topological polar surface area (TPSA) is 70.4 Å². The third-order valence-electron chi connectivity index (χ3n) is 5.09. The summed E-state index contributed by atoms with van der Waals surface area (Å²) in [7, 11) is -3.59. The standard InChI is InChI=1S/C20H24ClN3O3S/c1-15-7-6-10-23(16(15)2)14-20(25)22-19-13-17(8-9-18(19)21)28(26,27)24-11-4-3-5-12-24/h6-10,13H,3-5,11-12,14H2,1-2H3/p+1. The molecule has 0 spiro atoms. The number of nitrogens with zero attached hydrogens (tertiary/aromatic N) is 2. The molecular weight excluding hydrogens is 398 g/mol. The van der Waals surface area contributed by atoms with Gasteiger partial charge in [-0.05, 0) is 44.0 Å². The SMILES string of the molecule is Cc1ccc[n+](CC(=O)Nc2cc(S(=O)(=O)N3CCCCC3)ccc2Cl)c1C. The van der Waals surface area contributed by atoms with Crippen molar-refractivity contribution in [3.63, 3.8) is 0 Å². The van der Waals surface area contributed by atoms with Crippen LogP contribution in [0.4, 0.5) is 5.69 Å². The smallest absolute Gasteiger partial charge is 0.290 e. The molecule has 1 N–H and O–H groups in total. The summed E-state index contributed by atoms with van der Waals surface area (Å²) in [4.78, 5) is 12.7. The number of hydrogen-bond acceptors (Lipinski definition) is 3. The lowest BCUT2D eigenvalue weighted by atomic mass is 10.2. The van der Waals surface area contributed by atoms with E-state index in [4.69, 9.17) is 11.6 Å². The highest BCUT2D eigenvalue weighted by Crippen LogP contribution is 2.28. The van der Waals surface area contributed by atoms with E-state index in [1.165, 1.54) is 22.5 Å². The molecule has 0 bridgehead atoms. The van der Waals surface area contributed by atoms with E-state index in [0.717, 1.165) is 30.5 Å². The minimum atomic E-state index is -3.59. The number of carbonyl (C=O) groups is 1. The lowest BCUT2D eigenvalue weighted by molar-refractivity contribution is -0.690. The molecule has 1 fully saturated rings. The first-order valence-electron chi connectivity index (χ1n) is 9.34. The number of aryl methyl sites for hydroxylation is 1. The largest absolute Gasteiger partial charge is 0.319 e. The molecule has 3 rings (SSSR count). The third-order valence-corrected chi connectivity index (χ3v) is 7.32. The van der Waals surface area contributed by atoms with Gasteiger partial charge in [0.05, 0.1) is 15.6 Å². The Kier molecular flexibility index (Phi) is 6.37. The monoisotopic (exact) mass is 422 g/mol. The van der Waals surface area contributed by atoms with Crippen LogP contribution in [0.1, 0.15) is 30.5 Å². The number of aromatic nitrogens is 1. The van der Waals surface area contributed by atoms with E-state index in [9.17, 15) is 13.2 Å². The molecule has 1 aromatic heterocycles. The molecule has 1 amide bonds. The summed E-state index contributed by atoms with van der Waals surface area (Å²) in [6, 6.07) is 8.31. The van der Waals surface area contributed by atoms with Crippen molar-refractivity contribution in [2.45, 2.75) is 44.6 Å². The van der Waals surface area contributed by atoms with Crippen LogP contribution >= 0.6 is 11.6 Å². The number of benzene rings is 1. The van der Waals surface area contributed by atoms with E-state index in [0.29, 0.717) is 23.8 Å². The fraction of sp³-hybridized carbons (Fsp3) is 0.400. The predicted molar refractivity (Wildman–Crippen MR) is 109 cm³/mol. The van der Waals surface area contributed by atoms with Crippen molar-refractivity contribution in [3.8, 4) is 0 Å². The van der Waals surface area contributed by atoms with Crippen molar-refractivity contribution in [3.05, 3.63) is 52.8 Å². The lowest BCUT2D eigenvalue weighted by Gasteiger charge is -2.26. The van der Waals surface area contributed by atoms with E-state index in [2.05, 4.69) is 5.32 Å². The third kappa shape index (κ3) is 4.54. The second kappa shape index (κ2) is 8.59. The van der Waals surface area contributed by atoms with Gasteiger partial charge < -0.3 is 5.32 Å². The van der Waals surface area contributed by atoms with Crippen LogP contribution in [-0.2, 0) is 21.4 Å². The van der Waals surface area contributed by atoms with Crippen LogP contribution in [0, 0.1) is 13.8 Å². The number of hydrogen-bond donors (Lipinski definition) is 1. The highest BCUT2D eigenvalue weighted by atomic mass is 35.5. The van der Waals surface area contributed by atoms with E-state index in [1.807, 2.05) is 36.7 Å². The fourth-order valence-corrected chi connectivity index (χ4v) is 4.99. The van der Waals surface area contributed by atoms with Crippen molar-refractivity contribution in [2.24, 2.45) is 0 Å². The molecule has 1 aliphatic rings. The Morgan fingerprint density at radius 1 is 1.18 bits per heavy atom. The summed E-state index contributed by atoms with van der Waals surface area (Å²) < 4.78 is 29.1. The number of piperidine rings is 1. The molecule has 0 saturated carbocycles. The van der Waals surface area contributed by atoms with Crippen molar-refractivity contribution in [1.29, 1.82) is 0 Å². The van der Waals surface area contributed by atoms with Crippen molar-refractivity contribution >= 4 is 33.2 Å². The van der Waals surface area contributed by atoms with Crippen LogP contribution in [0.5, 0.6) is 0 Å². The Hall–Kier alpha value is -1.96. The van der Waals surface area contributed by atoms with Gasteiger partial charge in [0.2, 0.25) is 16.6 Å². The number of anilines is 1. The lowest BCUT2D eigenvalue weighted by Crippen LogP contribution is -2.43. The number of rotatable bonds is 5. The van der Waals surface area contributed by atoms with Crippen LogP contribution in [-0.4, -0.2) is 31.7 Å². The van der Waals surface area contributed by atoms with Gasteiger partial charge in [-0.15, -0.1) is 0 Å². The molecule has 2 heterocycles. The number of pyridine rings is 1. The highest BCUT2D eigenvalue weighted by molar-refractivity contribution is 7.89. The van der Waals surface area contributed by atoms with Crippen LogP contribution < -0.4 is 9.88 Å². The molecule has 1 saturated heterocycles. The van der Waals surface area contributed by atoms with Crippen molar-refractivity contribution < 1.29 is 17.8 Å². The second-order valence-corrected chi connectivity index (χ2v) is 9.40. The van der Waals surface area contributed by atoms with E-state index in [-0.39, 0.29) is 17.3 Å². The molecule has 6 nitrogen and oxygen atoms in total. The summed E-state index contributed by atoms with van der Waals surface area (Å²) in [5, 5.41) is 3.05. The number of nitrogens with one attached hydrogen (secondary N) is 1. The first kappa shape index (κ1) is 20.8. The molecule has 0 atom stereocenters. The Bertz CT molecular complexity index is 986. The quantitative estimate of drug-likeness (QED) is 0.753. The zero-order valence-corrected chi connectivity index (χ0v) is 17.7. The molecule has 150 valence electrons. The Labute approximate surface area is 171 Å². The number of halogens is 1. The van der Waals surface area contributed by atoms with Gasteiger partial charge in [0, 0.05) is 31.6 Å². The maximum atomic E-state index is 12.9. The molecule has 28 heavy (non-hydrogen) atoms. The summed E-state index contributed by atoms with van der Waals surface area (Å²) in [5.41, 5.74) is 2.38. The minimum Gasteiger partial charge on any atom is -0.319 e. The minimum absolute atomic E-state index is 0.118. The molecule has 8 heteroatoms. The zero-order chi connectivity index (χ0) is 20.3. The van der Waals surface area contributed by atoms with Gasteiger partial charge in [-0.1, -0.05) is 18.0 Å². The Morgan fingerprint density at radius 3 is 2.61 bits per heavy atom. The second-order valence-electron chi connectivity index (χ2n) is 7.06. The Morgan fingerprint density at radius 2 is 1.89 bits per heavy atom. The van der Waals surface area contributed by atoms with Crippen molar-refractivity contribution in [2.75, 3.05) is 18.4 Å². The summed E-state index contributed by atoms with van der Waals surface area (Å²) >= 11 is 6.21. The number of sulfonamides is 1. The number of amides is 1. The predicted octanol–water partition coefficient (Wildman–Crippen LogP) is 3.06. The molecule has 1 aromatic carbocycles. The van der Waals surface area contributed by atoms with E-state index < -0.39 is 10.0 Å². The van der Waals surface area contributed by atoms with Gasteiger partial charge in [-0.2, -0.15) is 8.87 Å². The van der Waals surface area contributed by atoms with Crippen LogP contribution in [0.15, 0.2) is 41.4 Å². The van der Waals surface area contributed by atoms with Crippen LogP contribution in [0.2, 0.25) is 5.02 Å². The van der Waals surface area contributed by atoms with E-state index >= 15 is 0 Å². The maximum absolute atomic E-state index is 12.9. The average molecular weight is 423 g/mol. The number of carbonyl (C=O) groups excluding carboxylic acids is 1. The first-order valence-corrected chi connectivity index (χ1v) is 11.2. The summed E-state index contributed by atoms with van der Waals surface area (Å²) in [6.45, 7) is 5.09. The average Bonchev–Trinajstić information content (AvgIpc) is 2.68. The van der Waals surface area contributed by atoms with Gasteiger partial charge in [0.15, 0.2) is 11.9 Å². The first-order chi connectivity index (χ1) is 13.3. The molecule has 2 aromatic rings. The molecule has 1 aliphatic heterocycles. The van der Waals surface area contributed by atoms with Crippen LogP contribution in [0.25, 0.3) is 0 Å². The van der Waals surface area contributed by atoms with Gasteiger partial charge in [0.25, 0.3) is 5.91 Å². The molecule has 0 aliphatic carbocycles. The maximum Gasteiger partial charge on any atom is 0.290 e. The normalized spacial score (nSPS) is 15.4. The van der Waals surface area contributed by atoms with E-state index in [1.54, 1.807) is 0 Å². The van der Waals surface area contributed by atoms with Gasteiger partial charge in [-0.25, -0.2) is 8.42 Å². The molecule has 0 unspecified atom stereocenters. The molecular formula is C20H25ClN3O3S+.